The first-order chi connectivity index (χ1) is 10.8. The van der Waals surface area contributed by atoms with Crippen molar-refractivity contribution in [2.75, 3.05) is 18.9 Å². The molecule has 3 aromatic rings. The third-order valence-corrected chi connectivity index (χ3v) is 4.41. The summed E-state index contributed by atoms with van der Waals surface area (Å²) in [5.74, 6) is 0.00722. The summed E-state index contributed by atoms with van der Waals surface area (Å²) in [6.07, 6.45) is 3.15. The second kappa shape index (κ2) is 6.62. The summed E-state index contributed by atoms with van der Waals surface area (Å²) < 4.78 is 0. The number of para-hydroxylation sites is 1. The largest absolute Gasteiger partial charge is 0.365 e. The van der Waals surface area contributed by atoms with Gasteiger partial charge < -0.3 is 15.6 Å². The first kappa shape index (κ1) is 14.6. The molecule has 1 amide bonds. The van der Waals surface area contributed by atoms with Crippen LogP contribution in [0.3, 0.4) is 0 Å². The average molecular weight is 314 g/mol. The molecule has 0 bridgehead atoms. The molecule has 2 aromatic heterocycles. The summed E-state index contributed by atoms with van der Waals surface area (Å²) in [5.41, 5.74) is 3.16. The van der Waals surface area contributed by atoms with E-state index >= 15 is 0 Å². The summed E-state index contributed by atoms with van der Waals surface area (Å²) in [7, 11) is 1.82. The maximum Gasteiger partial charge on any atom is 0.226 e. The average Bonchev–Trinajstić information content (AvgIpc) is 3.14. The van der Waals surface area contributed by atoms with Crippen LogP contribution in [0.2, 0.25) is 0 Å². The van der Waals surface area contributed by atoms with Gasteiger partial charge in [0, 0.05) is 36.1 Å². The normalized spacial score (nSPS) is 10.8. The minimum atomic E-state index is 0.00722. The Morgan fingerprint density at radius 3 is 3.05 bits per heavy atom. The maximum atomic E-state index is 11.9. The van der Waals surface area contributed by atoms with Crippen molar-refractivity contribution < 1.29 is 4.79 Å². The molecule has 3 rings (SSSR count). The molecule has 5 nitrogen and oxygen atoms in total. The van der Waals surface area contributed by atoms with Crippen LogP contribution in [-0.4, -0.2) is 29.5 Å². The number of hydrogen-bond donors (Lipinski definition) is 3. The van der Waals surface area contributed by atoms with Gasteiger partial charge in [-0.25, -0.2) is 4.98 Å². The standard InChI is InChI=1S/C16H18N4OS/c1-17-16-20-12(10-22-16)8-15(21)18-7-6-11-9-19-14-5-3-2-4-13(11)14/h2-5,9-10,19H,6-8H2,1H3,(H,17,20)(H,18,21). The molecule has 3 N–H and O–H groups in total. The second-order valence-electron chi connectivity index (χ2n) is 5.03. The van der Waals surface area contributed by atoms with Crippen LogP contribution < -0.4 is 10.6 Å². The van der Waals surface area contributed by atoms with E-state index in [1.165, 1.54) is 22.3 Å². The Morgan fingerprint density at radius 1 is 1.36 bits per heavy atom. The molecule has 1 aromatic carbocycles. The van der Waals surface area contributed by atoms with Crippen molar-refractivity contribution in [2.45, 2.75) is 12.8 Å². The van der Waals surface area contributed by atoms with Gasteiger partial charge >= 0.3 is 0 Å². The number of anilines is 1. The van der Waals surface area contributed by atoms with Crippen molar-refractivity contribution in [1.82, 2.24) is 15.3 Å². The lowest BCUT2D eigenvalue weighted by atomic mass is 10.1. The Bertz CT molecular complexity index is 777. The summed E-state index contributed by atoms with van der Waals surface area (Å²) >= 11 is 1.51. The first-order valence-electron chi connectivity index (χ1n) is 7.20. The summed E-state index contributed by atoms with van der Waals surface area (Å²) in [6.45, 7) is 0.629. The topological polar surface area (TPSA) is 69.8 Å². The fourth-order valence-corrected chi connectivity index (χ4v) is 3.08. The van der Waals surface area contributed by atoms with Gasteiger partial charge in [0.1, 0.15) is 0 Å². The highest BCUT2D eigenvalue weighted by molar-refractivity contribution is 7.13. The fourth-order valence-electron chi connectivity index (χ4n) is 2.41. The third kappa shape index (κ3) is 3.28. The zero-order valence-electron chi connectivity index (χ0n) is 12.3. The molecule has 0 radical (unpaired) electrons. The molecule has 0 unspecified atom stereocenters. The van der Waals surface area contributed by atoms with Gasteiger partial charge in [0.25, 0.3) is 0 Å². The molecule has 0 saturated heterocycles. The SMILES string of the molecule is CNc1nc(CC(=O)NCCc2c[nH]c3ccccc23)cs1. The van der Waals surface area contributed by atoms with Gasteiger partial charge in [0.2, 0.25) is 5.91 Å². The predicted octanol–water partition coefficient (Wildman–Crippen LogP) is 2.57. The number of hydrogen-bond acceptors (Lipinski definition) is 4. The predicted molar refractivity (Wildman–Crippen MR) is 90.4 cm³/mol. The molecule has 22 heavy (non-hydrogen) atoms. The van der Waals surface area contributed by atoms with Crippen LogP contribution in [0.5, 0.6) is 0 Å². The quantitative estimate of drug-likeness (QED) is 0.655. The number of H-pyrrole nitrogens is 1. The highest BCUT2D eigenvalue weighted by atomic mass is 32.1. The molecule has 0 spiro atoms. The van der Waals surface area contributed by atoms with Crippen LogP contribution in [0, 0.1) is 0 Å². The van der Waals surface area contributed by atoms with Crippen molar-refractivity contribution >= 4 is 33.3 Å². The van der Waals surface area contributed by atoms with Crippen molar-refractivity contribution in [3.05, 3.63) is 47.1 Å². The van der Waals surface area contributed by atoms with Crippen LogP contribution in [0.1, 0.15) is 11.3 Å². The molecule has 0 atom stereocenters. The van der Waals surface area contributed by atoms with E-state index in [1.54, 1.807) is 0 Å². The van der Waals surface area contributed by atoms with Crippen molar-refractivity contribution in [3.63, 3.8) is 0 Å². The summed E-state index contributed by atoms with van der Waals surface area (Å²) in [5, 5.41) is 9.88. The third-order valence-electron chi connectivity index (χ3n) is 3.50. The molecule has 0 aliphatic rings. The zero-order valence-corrected chi connectivity index (χ0v) is 13.2. The van der Waals surface area contributed by atoms with Gasteiger partial charge in [-0.15, -0.1) is 11.3 Å². The van der Waals surface area contributed by atoms with Crippen LogP contribution in [0.15, 0.2) is 35.8 Å². The smallest absolute Gasteiger partial charge is 0.226 e. The number of thiazole rings is 1. The Labute approximate surface area is 132 Å². The Kier molecular flexibility index (Phi) is 4.39. The Balaban J connectivity index is 1.51. The van der Waals surface area contributed by atoms with E-state index in [2.05, 4.69) is 32.7 Å². The van der Waals surface area contributed by atoms with E-state index in [4.69, 9.17) is 0 Å². The molecular formula is C16H18N4OS. The van der Waals surface area contributed by atoms with Crippen LogP contribution in [0.4, 0.5) is 5.13 Å². The summed E-state index contributed by atoms with van der Waals surface area (Å²) in [6, 6.07) is 8.19. The number of amides is 1. The van der Waals surface area contributed by atoms with E-state index in [1.807, 2.05) is 30.8 Å². The van der Waals surface area contributed by atoms with Crippen LogP contribution in [-0.2, 0) is 17.6 Å². The number of fused-ring (bicyclic) bond motifs is 1. The Hall–Kier alpha value is -2.34. The lowest BCUT2D eigenvalue weighted by molar-refractivity contribution is -0.120. The highest BCUT2D eigenvalue weighted by Gasteiger charge is 2.08. The van der Waals surface area contributed by atoms with Gasteiger partial charge in [0.05, 0.1) is 12.1 Å². The lowest BCUT2D eigenvalue weighted by Gasteiger charge is -2.03. The Morgan fingerprint density at radius 2 is 2.23 bits per heavy atom. The monoisotopic (exact) mass is 314 g/mol. The van der Waals surface area contributed by atoms with Gasteiger partial charge in [-0.05, 0) is 18.1 Å². The molecule has 114 valence electrons. The second-order valence-corrected chi connectivity index (χ2v) is 5.89. The number of carbonyl (C=O) groups excluding carboxylic acids is 1. The van der Waals surface area contributed by atoms with Crippen molar-refractivity contribution in [2.24, 2.45) is 0 Å². The molecular weight excluding hydrogens is 296 g/mol. The molecule has 0 aliphatic heterocycles. The number of aromatic nitrogens is 2. The minimum absolute atomic E-state index is 0.00722. The van der Waals surface area contributed by atoms with E-state index in [0.717, 1.165) is 22.8 Å². The summed E-state index contributed by atoms with van der Waals surface area (Å²) in [4.78, 5) is 19.5. The van der Waals surface area contributed by atoms with Crippen molar-refractivity contribution in [3.8, 4) is 0 Å². The van der Waals surface area contributed by atoms with Crippen molar-refractivity contribution in [1.29, 1.82) is 0 Å². The number of nitrogens with one attached hydrogen (secondary N) is 3. The van der Waals surface area contributed by atoms with E-state index in [0.29, 0.717) is 13.0 Å². The number of carbonyl (C=O) groups is 1. The van der Waals surface area contributed by atoms with Gasteiger partial charge in [-0.3, -0.25) is 4.79 Å². The van der Waals surface area contributed by atoms with Crippen LogP contribution in [0.25, 0.3) is 10.9 Å². The van der Waals surface area contributed by atoms with E-state index in [9.17, 15) is 4.79 Å². The number of benzene rings is 1. The van der Waals surface area contributed by atoms with Crippen LogP contribution >= 0.6 is 11.3 Å². The number of rotatable bonds is 6. The molecule has 0 fully saturated rings. The number of aromatic amines is 1. The molecule has 0 aliphatic carbocycles. The minimum Gasteiger partial charge on any atom is -0.365 e. The van der Waals surface area contributed by atoms with E-state index < -0.39 is 0 Å². The maximum absolute atomic E-state index is 11.9. The number of nitrogens with zero attached hydrogens (tertiary/aromatic N) is 1. The molecule has 6 heteroatoms. The van der Waals surface area contributed by atoms with E-state index in [-0.39, 0.29) is 5.91 Å². The first-order valence-corrected chi connectivity index (χ1v) is 8.08. The van der Waals surface area contributed by atoms with Gasteiger partial charge in [0.15, 0.2) is 5.13 Å². The van der Waals surface area contributed by atoms with Gasteiger partial charge in [-0.2, -0.15) is 0 Å². The molecule has 2 heterocycles. The molecule has 0 saturated carbocycles. The lowest BCUT2D eigenvalue weighted by Crippen LogP contribution is -2.27. The van der Waals surface area contributed by atoms with Gasteiger partial charge in [-0.1, -0.05) is 18.2 Å². The fraction of sp³-hybridized carbons (Fsp3) is 0.250. The highest BCUT2D eigenvalue weighted by Crippen LogP contribution is 2.18. The zero-order chi connectivity index (χ0) is 15.4.